The van der Waals surface area contributed by atoms with Crippen molar-refractivity contribution < 1.29 is 17.9 Å². The van der Waals surface area contributed by atoms with Crippen LogP contribution in [0.5, 0.6) is 5.75 Å². The fourth-order valence-corrected chi connectivity index (χ4v) is 4.10. The van der Waals surface area contributed by atoms with E-state index in [1.807, 2.05) is 11.8 Å². The Morgan fingerprint density at radius 2 is 1.92 bits per heavy atom. The van der Waals surface area contributed by atoms with Crippen molar-refractivity contribution in [1.29, 1.82) is 0 Å². The average molecular weight is 389 g/mol. The maximum absolute atomic E-state index is 12.2. The molecule has 0 unspecified atom stereocenters. The Morgan fingerprint density at radius 3 is 2.52 bits per heavy atom. The predicted molar refractivity (Wildman–Crippen MR) is 97.5 cm³/mol. The van der Waals surface area contributed by atoms with Crippen LogP contribution in [-0.2, 0) is 14.8 Å². The number of hydrogen-bond donors (Lipinski definition) is 1. The molecule has 1 fully saturated rings. The lowest BCUT2D eigenvalue weighted by molar-refractivity contribution is -0.133. The van der Waals surface area contributed by atoms with Gasteiger partial charge in [0.1, 0.15) is 5.75 Å². The highest BCUT2D eigenvalue weighted by Gasteiger charge is 2.18. The van der Waals surface area contributed by atoms with Crippen LogP contribution < -0.4 is 9.46 Å². The number of carbonyl (C=O) groups is 1. The monoisotopic (exact) mass is 388 g/mol. The molecular formula is C17H25ClN2O4S. The van der Waals surface area contributed by atoms with Crippen molar-refractivity contribution >= 4 is 27.5 Å². The van der Waals surface area contributed by atoms with Crippen LogP contribution in [0.15, 0.2) is 23.1 Å². The van der Waals surface area contributed by atoms with E-state index in [4.69, 9.17) is 16.3 Å². The number of ether oxygens (including phenoxy) is 1. The van der Waals surface area contributed by atoms with Gasteiger partial charge in [0.25, 0.3) is 5.91 Å². The van der Waals surface area contributed by atoms with E-state index in [2.05, 4.69) is 4.72 Å². The lowest BCUT2D eigenvalue weighted by Gasteiger charge is -2.20. The van der Waals surface area contributed by atoms with Gasteiger partial charge >= 0.3 is 0 Å². The summed E-state index contributed by atoms with van der Waals surface area (Å²) >= 11 is 6.12. The van der Waals surface area contributed by atoms with Gasteiger partial charge < -0.3 is 9.64 Å². The Labute approximate surface area is 154 Å². The molecule has 6 nitrogen and oxygen atoms in total. The highest BCUT2D eigenvalue weighted by Crippen LogP contribution is 2.27. The fraction of sp³-hybridized carbons (Fsp3) is 0.588. The van der Waals surface area contributed by atoms with Crippen LogP contribution in [0.4, 0.5) is 0 Å². The summed E-state index contributed by atoms with van der Waals surface area (Å²) in [6.07, 6.45) is 5.04. The first-order valence-corrected chi connectivity index (χ1v) is 10.5. The van der Waals surface area contributed by atoms with Gasteiger partial charge in [-0.3, -0.25) is 4.79 Å². The summed E-state index contributed by atoms with van der Waals surface area (Å²) < 4.78 is 32.2. The third-order valence-corrected chi connectivity index (χ3v) is 5.82. The number of likely N-dealkylation sites (tertiary alicyclic amines) is 1. The normalized spacial score (nSPS) is 15.7. The van der Waals surface area contributed by atoms with Crippen LogP contribution in [0.3, 0.4) is 0 Å². The molecule has 0 spiro atoms. The molecule has 140 valence electrons. The van der Waals surface area contributed by atoms with Crippen molar-refractivity contribution in [3.63, 3.8) is 0 Å². The Kier molecular flexibility index (Phi) is 7.53. The van der Waals surface area contributed by atoms with E-state index < -0.39 is 10.0 Å². The molecule has 25 heavy (non-hydrogen) atoms. The molecule has 1 aromatic carbocycles. The summed E-state index contributed by atoms with van der Waals surface area (Å²) in [5.41, 5.74) is 0. The van der Waals surface area contributed by atoms with Crippen LogP contribution in [0.2, 0.25) is 5.02 Å². The zero-order chi connectivity index (χ0) is 18.3. The number of hydrogen-bond acceptors (Lipinski definition) is 4. The summed E-state index contributed by atoms with van der Waals surface area (Å²) in [7, 11) is -3.58. The first-order valence-electron chi connectivity index (χ1n) is 8.64. The first kappa shape index (κ1) is 20.0. The summed E-state index contributed by atoms with van der Waals surface area (Å²) in [4.78, 5) is 14.1. The molecule has 8 heteroatoms. The minimum Gasteiger partial charge on any atom is -0.482 e. The van der Waals surface area contributed by atoms with Gasteiger partial charge in [0.05, 0.1) is 9.92 Å². The second-order valence-electron chi connectivity index (χ2n) is 6.07. The largest absolute Gasteiger partial charge is 0.482 e. The van der Waals surface area contributed by atoms with E-state index in [1.165, 1.54) is 18.2 Å². The number of rotatable bonds is 7. The SMILES string of the molecule is CCCNS(=O)(=O)c1ccc(OCC(=O)N2CCCCCC2)c(Cl)c1. The standard InChI is InChI=1S/C17H25ClN2O4S/c1-2-9-19-25(22,23)14-7-8-16(15(18)12-14)24-13-17(21)20-10-5-3-4-6-11-20/h7-8,12,19H,2-6,9-11,13H2,1H3. The minimum absolute atomic E-state index is 0.0701. The zero-order valence-electron chi connectivity index (χ0n) is 14.5. The molecule has 1 aliphatic rings. The van der Waals surface area contributed by atoms with E-state index in [9.17, 15) is 13.2 Å². The smallest absolute Gasteiger partial charge is 0.260 e. The summed E-state index contributed by atoms with van der Waals surface area (Å²) in [6.45, 7) is 3.67. The molecule has 0 radical (unpaired) electrons. The molecule has 0 aromatic heterocycles. The molecule has 1 aliphatic heterocycles. The molecule has 1 N–H and O–H groups in total. The van der Waals surface area contributed by atoms with Crippen LogP contribution in [0.25, 0.3) is 0 Å². The van der Waals surface area contributed by atoms with Gasteiger partial charge in [-0.25, -0.2) is 13.1 Å². The average Bonchev–Trinajstić information content (AvgIpc) is 2.88. The summed E-state index contributed by atoms with van der Waals surface area (Å²) in [5.74, 6) is 0.235. The second kappa shape index (κ2) is 9.40. The number of nitrogens with zero attached hydrogens (tertiary/aromatic N) is 1. The Balaban J connectivity index is 1.97. The highest BCUT2D eigenvalue weighted by atomic mass is 35.5. The Bertz CT molecular complexity index is 686. The predicted octanol–water partition coefficient (Wildman–Crippen LogP) is 2.81. The molecule has 0 atom stereocenters. The number of halogens is 1. The second-order valence-corrected chi connectivity index (χ2v) is 8.25. The van der Waals surface area contributed by atoms with Gasteiger partial charge in [-0.1, -0.05) is 31.4 Å². The van der Waals surface area contributed by atoms with Gasteiger partial charge in [0.15, 0.2) is 6.61 Å². The number of carbonyl (C=O) groups excluding carboxylic acids is 1. The van der Waals surface area contributed by atoms with Crippen LogP contribution in [-0.4, -0.2) is 45.5 Å². The van der Waals surface area contributed by atoms with Crippen molar-refractivity contribution in [3.8, 4) is 5.75 Å². The maximum atomic E-state index is 12.2. The van der Waals surface area contributed by atoms with Crippen molar-refractivity contribution in [3.05, 3.63) is 23.2 Å². The lowest BCUT2D eigenvalue weighted by atomic mass is 10.2. The van der Waals surface area contributed by atoms with Crippen molar-refractivity contribution in [2.24, 2.45) is 0 Å². The quantitative estimate of drug-likeness (QED) is 0.779. The van der Waals surface area contributed by atoms with Crippen molar-refractivity contribution in [1.82, 2.24) is 9.62 Å². The molecule has 0 bridgehead atoms. The van der Waals surface area contributed by atoms with E-state index in [-0.39, 0.29) is 22.4 Å². The highest BCUT2D eigenvalue weighted by molar-refractivity contribution is 7.89. The third kappa shape index (κ3) is 5.87. The van der Waals surface area contributed by atoms with Crippen LogP contribution in [0, 0.1) is 0 Å². The molecular weight excluding hydrogens is 364 g/mol. The molecule has 0 saturated carbocycles. The van der Waals surface area contributed by atoms with E-state index in [0.717, 1.165) is 38.8 Å². The van der Waals surface area contributed by atoms with Crippen LogP contribution in [0.1, 0.15) is 39.0 Å². The lowest BCUT2D eigenvalue weighted by Crippen LogP contribution is -2.35. The minimum atomic E-state index is -3.58. The Hall–Kier alpha value is -1.31. The van der Waals surface area contributed by atoms with Gasteiger partial charge in [-0.05, 0) is 37.5 Å². The van der Waals surface area contributed by atoms with Gasteiger partial charge in [-0.2, -0.15) is 0 Å². The summed E-state index contributed by atoms with van der Waals surface area (Å²) in [5, 5.41) is 0.169. The number of amides is 1. The fourth-order valence-electron chi connectivity index (χ4n) is 2.64. The van der Waals surface area contributed by atoms with Crippen molar-refractivity contribution in [2.75, 3.05) is 26.2 Å². The number of benzene rings is 1. The van der Waals surface area contributed by atoms with E-state index in [1.54, 1.807) is 0 Å². The molecule has 2 rings (SSSR count). The third-order valence-electron chi connectivity index (χ3n) is 4.07. The van der Waals surface area contributed by atoms with Crippen molar-refractivity contribution in [2.45, 2.75) is 43.9 Å². The molecule has 1 aromatic rings. The van der Waals surface area contributed by atoms with Gasteiger partial charge in [-0.15, -0.1) is 0 Å². The first-order chi connectivity index (χ1) is 11.9. The molecule has 1 saturated heterocycles. The van der Waals surface area contributed by atoms with Crippen LogP contribution >= 0.6 is 11.6 Å². The molecule has 1 amide bonds. The molecule has 0 aliphatic carbocycles. The number of sulfonamides is 1. The molecule has 1 heterocycles. The maximum Gasteiger partial charge on any atom is 0.260 e. The van der Waals surface area contributed by atoms with E-state index in [0.29, 0.717) is 18.7 Å². The van der Waals surface area contributed by atoms with Gasteiger partial charge in [0, 0.05) is 19.6 Å². The summed E-state index contributed by atoms with van der Waals surface area (Å²) in [6, 6.07) is 4.25. The van der Waals surface area contributed by atoms with Gasteiger partial charge in [0.2, 0.25) is 10.0 Å². The topological polar surface area (TPSA) is 75.7 Å². The Morgan fingerprint density at radius 1 is 1.24 bits per heavy atom. The number of nitrogens with one attached hydrogen (secondary N) is 1. The van der Waals surface area contributed by atoms with E-state index >= 15 is 0 Å². The zero-order valence-corrected chi connectivity index (χ0v) is 16.0.